The maximum absolute atomic E-state index is 11.0. The fraction of sp³-hybridized carbons (Fsp3) is 0.625. The molecule has 21 heavy (non-hydrogen) atoms. The maximum Gasteiger partial charge on any atom is 0.273 e. The molecule has 0 bridgehead atoms. The number of hydrogen-bond acceptors (Lipinski definition) is 4. The largest absolute Gasteiger partial charge is 0.496 e. The molecule has 0 aliphatic heterocycles. The van der Waals surface area contributed by atoms with Gasteiger partial charge in [0.1, 0.15) is 5.75 Å². The molecular formula is C16H24N2O3. The van der Waals surface area contributed by atoms with Gasteiger partial charge in [-0.25, -0.2) is 0 Å². The molecule has 1 fully saturated rings. The Labute approximate surface area is 125 Å². The van der Waals surface area contributed by atoms with Crippen molar-refractivity contribution in [2.45, 2.75) is 39.0 Å². The van der Waals surface area contributed by atoms with E-state index in [4.69, 9.17) is 10.5 Å². The molecule has 0 heterocycles. The molecular weight excluding hydrogens is 268 g/mol. The van der Waals surface area contributed by atoms with Crippen molar-refractivity contribution >= 4 is 5.69 Å². The first-order valence-electron chi connectivity index (χ1n) is 7.50. The van der Waals surface area contributed by atoms with Gasteiger partial charge in [-0.2, -0.15) is 0 Å². The maximum atomic E-state index is 11.0. The van der Waals surface area contributed by atoms with E-state index in [0.29, 0.717) is 12.3 Å². The minimum absolute atomic E-state index is 0.0761. The number of nitrogens with two attached hydrogens (primary N) is 1. The van der Waals surface area contributed by atoms with Crippen molar-refractivity contribution < 1.29 is 9.66 Å². The molecule has 116 valence electrons. The van der Waals surface area contributed by atoms with E-state index in [1.54, 1.807) is 6.07 Å². The third-order valence-electron chi connectivity index (χ3n) is 4.74. The molecule has 0 aromatic heterocycles. The Morgan fingerprint density at radius 2 is 2.05 bits per heavy atom. The number of methoxy groups -OCH3 is 1. The van der Waals surface area contributed by atoms with Crippen molar-refractivity contribution in [3.8, 4) is 5.75 Å². The van der Waals surface area contributed by atoms with Crippen molar-refractivity contribution in [3.05, 3.63) is 33.9 Å². The second kappa shape index (κ2) is 6.43. The first-order chi connectivity index (χ1) is 9.98. The second-order valence-electron chi connectivity index (χ2n) is 6.36. The number of nitro groups is 1. The molecule has 0 spiro atoms. The van der Waals surface area contributed by atoms with Crippen LogP contribution in [0.3, 0.4) is 0 Å². The number of hydrogen-bond donors (Lipinski definition) is 1. The Morgan fingerprint density at radius 1 is 1.38 bits per heavy atom. The summed E-state index contributed by atoms with van der Waals surface area (Å²) in [5.41, 5.74) is 7.14. The van der Waals surface area contributed by atoms with E-state index in [0.717, 1.165) is 30.7 Å². The normalized spacial score (nSPS) is 25.6. The van der Waals surface area contributed by atoms with Gasteiger partial charge in [0.05, 0.1) is 18.1 Å². The monoisotopic (exact) mass is 292 g/mol. The fourth-order valence-electron chi connectivity index (χ4n) is 3.23. The first-order valence-corrected chi connectivity index (χ1v) is 7.50. The number of rotatable bonds is 5. The number of nitrogens with zero attached hydrogens (tertiary/aromatic N) is 1. The zero-order valence-electron chi connectivity index (χ0n) is 12.8. The lowest BCUT2D eigenvalue weighted by Gasteiger charge is -2.38. The molecule has 1 aliphatic rings. The lowest BCUT2D eigenvalue weighted by atomic mass is 9.68. The van der Waals surface area contributed by atoms with Crippen LogP contribution in [-0.2, 0) is 6.42 Å². The Kier molecular flexibility index (Phi) is 4.83. The molecule has 1 aliphatic carbocycles. The summed E-state index contributed by atoms with van der Waals surface area (Å²) in [7, 11) is 1.53. The van der Waals surface area contributed by atoms with Crippen LogP contribution in [0.1, 0.15) is 38.2 Å². The average molecular weight is 292 g/mol. The van der Waals surface area contributed by atoms with Crippen LogP contribution in [0, 0.1) is 21.4 Å². The smallest absolute Gasteiger partial charge is 0.273 e. The van der Waals surface area contributed by atoms with Crippen LogP contribution in [0.15, 0.2) is 18.2 Å². The highest BCUT2D eigenvalue weighted by molar-refractivity contribution is 5.43. The van der Waals surface area contributed by atoms with Crippen LogP contribution in [-0.4, -0.2) is 18.6 Å². The van der Waals surface area contributed by atoms with Crippen LogP contribution in [0.2, 0.25) is 0 Å². The van der Waals surface area contributed by atoms with E-state index in [9.17, 15) is 10.1 Å². The van der Waals surface area contributed by atoms with Crippen LogP contribution in [0.25, 0.3) is 0 Å². The summed E-state index contributed by atoms with van der Waals surface area (Å²) >= 11 is 0. The van der Waals surface area contributed by atoms with E-state index in [-0.39, 0.29) is 16.0 Å². The predicted octanol–water partition coefficient (Wildman–Crippen LogP) is 3.30. The van der Waals surface area contributed by atoms with Gasteiger partial charge in [-0.3, -0.25) is 10.1 Å². The minimum Gasteiger partial charge on any atom is -0.496 e. The van der Waals surface area contributed by atoms with E-state index in [1.165, 1.54) is 26.0 Å². The fourth-order valence-corrected chi connectivity index (χ4v) is 3.23. The second-order valence-corrected chi connectivity index (χ2v) is 6.36. The van der Waals surface area contributed by atoms with Gasteiger partial charge in [0, 0.05) is 6.07 Å². The van der Waals surface area contributed by atoms with Gasteiger partial charge < -0.3 is 10.5 Å². The van der Waals surface area contributed by atoms with Gasteiger partial charge in [-0.1, -0.05) is 19.8 Å². The molecule has 5 heteroatoms. The van der Waals surface area contributed by atoms with Crippen LogP contribution in [0.5, 0.6) is 5.75 Å². The number of non-ortho nitro benzene ring substituents is 1. The van der Waals surface area contributed by atoms with Gasteiger partial charge in [0.25, 0.3) is 5.69 Å². The molecule has 2 rings (SSSR count). The summed E-state index contributed by atoms with van der Waals surface area (Å²) < 4.78 is 5.18. The average Bonchev–Trinajstić information content (AvgIpc) is 2.49. The van der Waals surface area contributed by atoms with E-state index >= 15 is 0 Å². The zero-order valence-corrected chi connectivity index (χ0v) is 12.8. The summed E-state index contributed by atoms with van der Waals surface area (Å²) in [6, 6.07) is 5.00. The highest BCUT2D eigenvalue weighted by Crippen LogP contribution is 2.41. The topological polar surface area (TPSA) is 78.4 Å². The lowest BCUT2D eigenvalue weighted by molar-refractivity contribution is -0.385. The van der Waals surface area contributed by atoms with Crippen LogP contribution < -0.4 is 10.5 Å². The Hall–Kier alpha value is -1.62. The Balaban J connectivity index is 2.24. The van der Waals surface area contributed by atoms with Gasteiger partial charge in [-0.05, 0) is 48.8 Å². The summed E-state index contributed by atoms with van der Waals surface area (Å²) in [5.74, 6) is 1.29. The molecule has 1 aromatic rings. The Morgan fingerprint density at radius 3 is 2.57 bits per heavy atom. The molecule has 5 nitrogen and oxygen atoms in total. The number of benzene rings is 1. The van der Waals surface area contributed by atoms with Gasteiger partial charge in [0.2, 0.25) is 0 Å². The molecule has 0 amide bonds. The molecule has 0 radical (unpaired) electrons. The molecule has 2 N–H and O–H groups in total. The number of nitro benzene ring substituents is 1. The first kappa shape index (κ1) is 15.8. The Bertz CT molecular complexity index is 508. The van der Waals surface area contributed by atoms with E-state index in [2.05, 4.69) is 6.92 Å². The third-order valence-corrected chi connectivity index (χ3v) is 4.74. The summed E-state index contributed by atoms with van der Waals surface area (Å²) in [4.78, 5) is 10.7. The van der Waals surface area contributed by atoms with Crippen molar-refractivity contribution in [1.82, 2.24) is 0 Å². The highest BCUT2D eigenvalue weighted by atomic mass is 16.6. The van der Waals surface area contributed by atoms with Gasteiger partial charge >= 0.3 is 0 Å². The third kappa shape index (κ3) is 3.73. The van der Waals surface area contributed by atoms with Crippen molar-refractivity contribution in [2.24, 2.45) is 17.1 Å². The quantitative estimate of drug-likeness (QED) is 0.667. The molecule has 0 unspecified atom stereocenters. The van der Waals surface area contributed by atoms with Gasteiger partial charge in [0.15, 0.2) is 0 Å². The van der Waals surface area contributed by atoms with E-state index in [1.807, 2.05) is 6.07 Å². The number of ether oxygens (including phenoxy) is 1. The van der Waals surface area contributed by atoms with Crippen molar-refractivity contribution in [3.63, 3.8) is 0 Å². The summed E-state index contributed by atoms with van der Waals surface area (Å²) in [6.45, 7) is 2.90. The van der Waals surface area contributed by atoms with Crippen LogP contribution >= 0.6 is 0 Å². The highest BCUT2D eigenvalue weighted by Gasteiger charge is 2.33. The standard InChI is InChI=1S/C16H24N2O3/c1-12-3-5-16(11-17,6-4-12)10-13-7-14(18(19)20)9-15(8-13)21-2/h7-9,12H,3-6,10-11,17H2,1-2H3. The SMILES string of the molecule is COc1cc(CC2(CN)CCC(C)CC2)cc([N+](=O)[O-])c1. The molecule has 1 saturated carbocycles. The van der Waals surface area contributed by atoms with Crippen molar-refractivity contribution in [2.75, 3.05) is 13.7 Å². The summed E-state index contributed by atoms with van der Waals surface area (Å²) in [6.07, 6.45) is 5.34. The molecule has 1 aromatic carbocycles. The van der Waals surface area contributed by atoms with Gasteiger partial charge in [-0.15, -0.1) is 0 Å². The van der Waals surface area contributed by atoms with Crippen molar-refractivity contribution in [1.29, 1.82) is 0 Å². The molecule has 0 saturated heterocycles. The molecule has 0 atom stereocenters. The lowest BCUT2D eigenvalue weighted by Crippen LogP contribution is -2.36. The van der Waals surface area contributed by atoms with Crippen LogP contribution in [0.4, 0.5) is 5.69 Å². The summed E-state index contributed by atoms with van der Waals surface area (Å²) in [5, 5.41) is 11.0. The van der Waals surface area contributed by atoms with E-state index < -0.39 is 0 Å². The minimum atomic E-state index is -0.371. The predicted molar refractivity (Wildman–Crippen MR) is 82.5 cm³/mol. The zero-order chi connectivity index (χ0) is 15.5.